The molecule has 0 atom stereocenters. The highest BCUT2D eigenvalue weighted by Crippen LogP contribution is 2.14. The summed E-state index contributed by atoms with van der Waals surface area (Å²) in [4.78, 5) is 13.8. The summed E-state index contributed by atoms with van der Waals surface area (Å²) < 4.78 is 1.52. The fourth-order valence-corrected chi connectivity index (χ4v) is 0.890. The number of hydrogen-bond acceptors (Lipinski definition) is 4. The molecule has 66 valence electrons. The topological polar surface area (TPSA) is 60.1 Å². The molecule has 1 aromatic rings. The first-order valence-electron chi connectivity index (χ1n) is 3.43. The fraction of sp³-hybridized carbons (Fsp3) is 0.667. The van der Waals surface area contributed by atoms with Crippen molar-refractivity contribution in [1.29, 1.82) is 0 Å². The Bertz CT molecular complexity index is 283. The van der Waals surface area contributed by atoms with Crippen LogP contribution in [0.4, 0.5) is 0 Å². The van der Waals surface area contributed by atoms with Crippen LogP contribution >= 0.6 is 11.6 Å². The predicted octanol–water partition coefficient (Wildman–Crippen LogP) is 1.43. The second-order valence-corrected chi connectivity index (χ2v) is 3.40. The highest BCUT2D eigenvalue weighted by atomic mass is 35.5. The summed E-state index contributed by atoms with van der Waals surface area (Å²) in [6.07, 6.45) is 1.48. The minimum atomic E-state index is -0.456. The molecule has 0 aliphatic carbocycles. The third-order valence-corrected chi connectivity index (χ3v) is 1.71. The van der Waals surface area contributed by atoms with Gasteiger partial charge in [0, 0.05) is 0 Å². The Kier molecular flexibility index (Phi) is 2.42. The second-order valence-electron chi connectivity index (χ2n) is 3.06. The number of nitrogens with zero attached hydrogens (tertiary/aromatic N) is 4. The van der Waals surface area contributed by atoms with Crippen molar-refractivity contribution < 1.29 is 0 Å². The third-order valence-electron chi connectivity index (χ3n) is 1.54. The quantitative estimate of drug-likeness (QED) is 0.675. The number of aromatic nitrogens is 3. The van der Waals surface area contributed by atoms with Gasteiger partial charge in [-0.15, -0.1) is 5.10 Å². The van der Waals surface area contributed by atoms with Gasteiger partial charge in [-0.3, -0.25) is 0 Å². The molecule has 12 heavy (non-hydrogen) atoms. The van der Waals surface area contributed by atoms with E-state index in [1.54, 1.807) is 0 Å². The van der Waals surface area contributed by atoms with Gasteiger partial charge in [-0.25, -0.2) is 9.67 Å². The minimum Gasteiger partial charge on any atom is -0.244 e. The van der Waals surface area contributed by atoms with Crippen molar-refractivity contribution in [3.8, 4) is 0 Å². The van der Waals surface area contributed by atoms with E-state index in [0.717, 1.165) is 0 Å². The van der Waals surface area contributed by atoms with E-state index in [2.05, 4.69) is 15.3 Å². The summed E-state index contributed by atoms with van der Waals surface area (Å²) >= 11 is 5.51. The lowest BCUT2D eigenvalue weighted by molar-refractivity contribution is 0.329. The molecule has 0 aliphatic heterocycles. The summed E-state index contributed by atoms with van der Waals surface area (Å²) in [5.41, 5.74) is -0.456. The van der Waals surface area contributed by atoms with Crippen LogP contribution in [-0.2, 0) is 5.54 Å². The van der Waals surface area contributed by atoms with Crippen LogP contribution < -0.4 is 0 Å². The standard InChI is InChI=1S/C6H9ClN4O/c1-6(2,3-9-12)11-4-8-5(7)10-11/h4H,3H2,1-2H3. The van der Waals surface area contributed by atoms with Gasteiger partial charge in [0.25, 0.3) is 0 Å². The van der Waals surface area contributed by atoms with Crippen molar-refractivity contribution in [3.63, 3.8) is 0 Å². The molecule has 0 spiro atoms. The SMILES string of the molecule is CC(C)(CN=O)n1cnc(Cl)n1. The smallest absolute Gasteiger partial charge is 0.242 e. The van der Waals surface area contributed by atoms with E-state index >= 15 is 0 Å². The first-order chi connectivity index (χ1) is 5.56. The van der Waals surface area contributed by atoms with Gasteiger partial charge in [-0.05, 0) is 25.4 Å². The Morgan fingerprint density at radius 1 is 1.75 bits per heavy atom. The number of rotatable bonds is 3. The van der Waals surface area contributed by atoms with Gasteiger partial charge < -0.3 is 0 Å². The van der Waals surface area contributed by atoms with Gasteiger partial charge in [0.1, 0.15) is 12.9 Å². The normalized spacial score (nSPS) is 11.6. The molecule has 1 aromatic heterocycles. The minimum absolute atomic E-state index is 0.146. The van der Waals surface area contributed by atoms with Crippen LogP contribution in [0, 0.1) is 4.91 Å². The molecule has 0 unspecified atom stereocenters. The first-order valence-corrected chi connectivity index (χ1v) is 3.81. The van der Waals surface area contributed by atoms with Crippen molar-refractivity contribution in [3.05, 3.63) is 16.5 Å². The van der Waals surface area contributed by atoms with Gasteiger partial charge >= 0.3 is 0 Å². The van der Waals surface area contributed by atoms with E-state index in [0.29, 0.717) is 0 Å². The summed E-state index contributed by atoms with van der Waals surface area (Å²) in [5.74, 6) is 0. The van der Waals surface area contributed by atoms with Crippen molar-refractivity contribution in [2.24, 2.45) is 5.18 Å². The molecule has 0 aromatic carbocycles. The molecule has 0 saturated carbocycles. The lowest BCUT2D eigenvalue weighted by Gasteiger charge is -2.20. The van der Waals surface area contributed by atoms with E-state index in [9.17, 15) is 4.91 Å². The molecule has 0 amide bonds. The fourth-order valence-electron chi connectivity index (χ4n) is 0.765. The zero-order valence-electron chi connectivity index (χ0n) is 6.86. The third kappa shape index (κ3) is 1.79. The molecule has 6 heteroatoms. The van der Waals surface area contributed by atoms with Gasteiger partial charge in [-0.1, -0.05) is 5.18 Å². The average Bonchev–Trinajstić information content (AvgIpc) is 2.36. The predicted molar refractivity (Wildman–Crippen MR) is 45.0 cm³/mol. The monoisotopic (exact) mass is 188 g/mol. The summed E-state index contributed by atoms with van der Waals surface area (Å²) in [6, 6.07) is 0. The number of nitroso groups, excluding NO2 is 1. The Balaban J connectivity index is 2.88. The molecule has 0 N–H and O–H groups in total. The summed E-state index contributed by atoms with van der Waals surface area (Å²) in [6.45, 7) is 3.81. The molecule has 1 rings (SSSR count). The molecule has 0 bridgehead atoms. The lowest BCUT2D eigenvalue weighted by Crippen LogP contribution is -2.30. The van der Waals surface area contributed by atoms with E-state index in [1.807, 2.05) is 13.8 Å². The zero-order chi connectivity index (χ0) is 9.19. The van der Waals surface area contributed by atoms with Crippen molar-refractivity contribution >= 4 is 11.6 Å². The number of halogens is 1. The molecular formula is C6H9ClN4O. The zero-order valence-corrected chi connectivity index (χ0v) is 7.62. The van der Waals surface area contributed by atoms with Crippen LogP contribution in [0.15, 0.2) is 11.5 Å². The van der Waals surface area contributed by atoms with Crippen LogP contribution in [-0.4, -0.2) is 21.3 Å². The highest BCUT2D eigenvalue weighted by Gasteiger charge is 2.21. The van der Waals surface area contributed by atoms with E-state index in [1.165, 1.54) is 11.0 Å². The maximum atomic E-state index is 10.1. The molecule has 0 saturated heterocycles. The molecule has 1 heterocycles. The number of hydrogen-bond donors (Lipinski definition) is 0. The van der Waals surface area contributed by atoms with E-state index in [-0.39, 0.29) is 11.8 Å². The Labute approximate surface area is 74.7 Å². The second kappa shape index (κ2) is 3.18. The van der Waals surface area contributed by atoms with Gasteiger partial charge in [-0.2, -0.15) is 4.91 Å². The maximum Gasteiger partial charge on any atom is 0.242 e. The van der Waals surface area contributed by atoms with Crippen LogP contribution in [0.5, 0.6) is 0 Å². The Morgan fingerprint density at radius 2 is 2.42 bits per heavy atom. The van der Waals surface area contributed by atoms with E-state index in [4.69, 9.17) is 11.6 Å². The lowest BCUT2D eigenvalue weighted by atomic mass is 10.1. The average molecular weight is 189 g/mol. The first kappa shape index (κ1) is 9.12. The molecule has 0 radical (unpaired) electrons. The summed E-state index contributed by atoms with van der Waals surface area (Å²) in [7, 11) is 0. The van der Waals surface area contributed by atoms with Crippen LogP contribution in [0.2, 0.25) is 5.28 Å². The van der Waals surface area contributed by atoms with E-state index < -0.39 is 5.54 Å². The molecule has 0 aliphatic rings. The van der Waals surface area contributed by atoms with Gasteiger partial charge in [0.2, 0.25) is 5.28 Å². The van der Waals surface area contributed by atoms with Gasteiger partial charge in [0.15, 0.2) is 0 Å². The highest BCUT2D eigenvalue weighted by molar-refractivity contribution is 6.28. The van der Waals surface area contributed by atoms with Crippen LogP contribution in [0.3, 0.4) is 0 Å². The van der Waals surface area contributed by atoms with Crippen LogP contribution in [0.1, 0.15) is 13.8 Å². The molecular weight excluding hydrogens is 180 g/mol. The van der Waals surface area contributed by atoms with Crippen molar-refractivity contribution in [1.82, 2.24) is 14.8 Å². The van der Waals surface area contributed by atoms with Crippen molar-refractivity contribution in [2.75, 3.05) is 6.54 Å². The molecule has 5 nitrogen and oxygen atoms in total. The van der Waals surface area contributed by atoms with Crippen LogP contribution in [0.25, 0.3) is 0 Å². The van der Waals surface area contributed by atoms with Gasteiger partial charge in [0.05, 0.1) is 5.54 Å². The molecule has 0 fully saturated rings. The maximum absolute atomic E-state index is 10.1. The largest absolute Gasteiger partial charge is 0.244 e. The van der Waals surface area contributed by atoms with Crippen molar-refractivity contribution in [2.45, 2.75) is 19.4 Å². The Hall–Kier alpha value is -0.970. The summed E-state index contributed by atoms with van der Waals surface area (Å²) in [5, 5.41) is 6.86. The Morgan fingerprint density at radius 3 is 2.83 bits per heavy atom.